The van der Waals surface area contributed by atoms with E-state index in [0.717, 1.165) is 17.2 Å². The van der Waals surface area contributed by atoms with Gasteiger partial charge in [0.15, 0.2) is 0 Å². The predicted molar refractivity (Wildman–Crippen MR) is 76.2 cm³/mol. The van der Waals surface area contributed by atoms with Crippen molar-refractivity contribution in [2.75, 3.05) is 11.1 Å². The number of nitrogens with zero attached hydrogens (tertiary/aromatic N) is 2. The monoisotopic (exact) mass is 270 g/mol. The fraction of sp³-hybridized carbons (Fsp3) is 0. The summed E-state index contributed by atoms with van der Waals surface area (Å²) in [6.45, 7) is 0. The predicted octanol–water partition coefficient (Wildman–Crippen LogP) is 2.53. The number of amides is 1. The Morgan fingerprint density at radius 3 is 2.79 bits per heavy atom. The number of carbonyl (C=O) groups is 1. The van der Waals surface area contributed by atoms with E-state index in [-0.39, 0.29) is 5.91 Å². The summed E-state index contributed by atoms with van der Waals surface area (Å²) >= 11 is 1.12. The minimum absolute atomic E-state index is 0.251. The van der Waals surface area contributed by atoms with Gasteiger partial charge in [-0.05, 0) is 24.3 Å². The first-order chi connectivity index (χ1) is 9.25. The highest BCUT2D eigenvalue weighted by Gasteiger charge is 2.12. The SMILES string of the molecule is Nc1ccccc1C(=O)Nc1cccc2nsnc12. The van der Waals surface area contributed by atoms with Crippen LogP contribution in [-0.4, -0.2) is 14.7 Å². The fourth-order valence-electron chi connectivity index (χ4n) is 1.80. The van der Waals surface area contributed by atoms with E-state index in [9.17, 15) is 4.79 Å². The van der Waals surface area contributed by atoms with Crippen molar-refractivity contribution in [2.45, 2.75) is 0 Å². The standard InChI is InChI=1S/C13H10N4OS/c14-9-5-2-1-4-8(9)13(18)15-10-6-3-7-11-12(10)17-19-16-11/h1-7H,14H2,(H,15,18). The summed E-state index contributed by atoms with van der Waals surface area (Å²) in [5, 5.41) is 2.81. The molecule has 3 aromatic rings. The number of para-hydroxylation sites is 1. The molecule has 0 fully saturated rings. The lowest BCUT2D eigenvalue weighted by Gasteiger charge is -2.07. The summed E-state index contributed by atoms with van der Waals surface area (Å²) in [6, 6.07) is 12.4. The van der Waals surface area contributed by atoms with Crippen LogP contribution >= 0.6 is 11.7 Å². The number of carbonyl (C=O) groups excluding carboxylic acids is 1. The molecular formula is C13H10N4OS. The molecular weight excluding hydrogens is 260 g/mol. The average Bonchev–Trinajstić information content (AvgIpc) is 2.88. The first-order valence-electron chi connectivity index (χ1n) is 5.63. The summed E-state index contributed by atoms with van der Waals surface area (Å²) < 4.78 is 8.30. The Morgan fingerprint density at radius 2 is 1.95 bits per heavy atom. The van der Waals surface area contributed by atoms with Gasteiger partial charge in [-0.15, -0.1) is 0 Å². The number of nitrogens with two attached hydrogens (primary N) is 1. The number of aromatic nitrogens is 2. The molecule has 19 heavy (non-hydrogen) atoms. The minimum Gasteiger partial charge on any atom is -0.398 e. The van der Waals surface area contributed by atoms with E-state index in [1.807, 2.05) is 12.1 Å². The lowest BCUT2D eigenvalue weighted by Crippen LogP contribution is -2.14. The number of rotatable bonds is 2. The van der Waals surface area contributed by atoms with Crippen molar-refractivity contribution >= 4 is 40.0 Å². The van der Waals surface area contributed by atoms with Gasteiger partial charge in [-0.1, -0.05) is 18.2 Å². The molecule has 0 atom stereocenters. The average molecular weight is 270 g/mol. The maximum atomic E-state index is 12.2. The number of benzene rings is 2. The molecule has 1 amide bonds. The normalized spacial score (nSPS) is 10.5. The first-order valence-corrected chi connectivity index (χ1v) is 6.36. The molecule has 1 heterocycles. The molecule has 0 saturated carbocycles. The highest BCUT2D eigenvalue weighted by Crippen LogP contribution is 2.22. The molecule has 1 aromatic heterocycles. The van der Waals surface area contributed by atoms with Gasteiger partial charge in [0, 0.05) is 5.69 Å². The molecule has 6 heteroatoms. The van der Waals surface area contributed by atoms with Gasteiger partial charge in [0.1, 0.15) is 11.0 Å². The number of hydrogen-bond donors (Lipinski definition) is 2. The Bertz CT molecular complexity index is 753. The van der Waals surface area contributed by atoms with Crippen molar-refractivity contribution in [3.63, 3.8) is 0 Å². The summed E-state index contributed by atoms with van der Waals surface area (Å²) in [6.07, 6.45) is 0. The molecule has 5 nitrogen and oxygen atoms in total. The molecule has 0 saturated heterocycles. The Balaban J connectivity index is 1.95. The van der Waals surface area contributed by atoms with Crippen molar-refractivity contribution in [1.82, 2.24) is 8.75 Å². The van der Waals surface area contributed by atoms with E-state index in [1.165, 1.54) is 0 Å². The van der Waals surface area contributed by atoms with E-state index < -0.39 is 0 Å². The number of nitrogen functional groups attached to an aromatic ring is 1. The number of nitrogens with one attached hydrogen (secondary N) is 1. The van der Waals surface area contributed by atoms with Crippen LogP contribution in [0.4, 0.5) is 11.4 Å². The third-order valence-corrected chi connectivity index (χ3v) is 3.28. The van der Waals surface area contributed by atoms with Crippen LogP contribution in [0.3, 0.4) is 0 Å². The van der Waals surface area contributed by atoms with Crippen LogP contribution in [0.5, 0.6) is 0 Å². The topological polar surface area (TPSA) is 80.9 Å². The Labute approximate surface area is 113 Å². The second-order valence-corrected chi connectivity index (χ2v) is 4.51. The van der Waals surface area contributed by atoms with Crippen LogP contribution < -0.4 is 11.1 Å². The molecule has 0 bridgehead atoms. The molecule has 0 aliphatic rings. The maximum Gasteiger partial charge on any atom is 0.257 e. The molecule has 0 spiro atoms. The Kier molecular flexibility index (Phi) is 2.85. The van der Waals surface area contributed by atoms with Gasteiger partial charge in [0.25, 0.3) is 5.91 Å². The van der Waals surface area contributed by atoms with E-state index >= 15 is 0 Å². The van der Waals surface area contributed by atoms with Crippen LogP contribution in [0.2, 0.25) is 0 Å². The van der Waals surface area contributed by atoms with Crippen molar-refractivity contribution in [2.24, 2.45) is 0 Å². The summed E-state index contributed by atoms with van der Waals surface area (Å²) in [5.41, 5.74) is 8.77. The van der Waals surface area contributed by atoms with Crippen LogP contribution in [0.15, 0.2) is 42.5 Å². The second-order valence-electron chi connectivity index (χ2n) is 3.98. The maximum absolute atomic E-state index is 12.2. The van der Waals surface area contributed by atoms with Gasteiger partial charge in [-0.25, -0.2) is 0 Å². The van der Waals surface area contributed by atoms with Crippen molar-refractivity contribution in [3.05, 3.63) is 48.0 Å². The zero-order chi connectivity index (χ0) is 13.2. The molecule has 94 valence electrons. The zero-order valence-electron chi connectivity index (χ0n) is 9.83. The number of anilines is 2. The molecule has 3 rings (SSSR count). The lowest BCUT2D eigenvalue weighted by atomic mass is 10.1. The molecule has 0 radical (unpaired) electrons. The number of hydrogen-bond acceptors (Lipinski definition) is 5. The molecule has 0 aliphatic carbocycles. The van der Waals surface area contributed by atoms with E-state index in [2.05, 4.69) is 14.1 Å². The Morgan fingerprint density at radius 1 is 1.11 bits per heavy atom. The minimum atomic E-state index is -0.251. The van der Waals surface area contributed by atoms with Crippen LogP contribution in [-0.2, 0) is 0 Å². The molecule has 3 N–H and O–H groups in total. The molecule has 0 unspecified atom stereocenters. The third-order valence-electron chi connectivity index (χ3n) is 2.74. The smallest absolute Gasteiger partial charge is 0.257 e. The van der Waals surface area contributed by atoms with E-state index in [0.29, 0.717) is 22.5 Å². The van der Waals surface area contributed by atoms with Crippen molar-refractivity contribution in [3.8, 4) is 0 Å². The Hall–Kier alpha value is -2.47. The summed E-state index contributed by atoms with van der Waals surface area (Å²) in [7, 11) is 0. The quantitative estimate of drug-likeness (QED) is 0.701. The van der Waals surface area contributed by atoms with E-state index in [4.69, 9.17) is 5.73 Å². The largest absolute Gasteiger partial charge is 0.398 e. The van der Waals surface area contributed by atoms with Gasteiger partial charge in [-0.3, -0.25) is 4.79 Å². The van der Waals surface area contributed by atoms with Gasteiger partial charge >= 0.3 is 0 Å². The third kappa shape index (κ3) is 2.13. The summed E-state index contributed by atoms with van der Waals surface area (Å²) in [4.78, 5) is 12.2. The van der Waals surface area contributed by atoms with Crippen LogP contribution in [0.25, 0.3) is 11.0 Å². The van der Waals surface area contributed by atoms with Crippen LogP contribution in [0.1, 0.15) is 10.4 Å². The molecule has 2 aromatic carbocycles. The van der Waals surface area contributed by atoms with Crippen LogP contribution in [0, 0.1) is 0 Å². The second kappa shape index (κ2) is 4.66. The number of fused-ring (bicyclic) bond motifs is 1. The highest BCUT2D eigenvalue weighted by atomic mass is 32.1. The van der Waals surface area contributed by atoms with Crippen molar-refractivity contribution in [1.29, 1.82) is 0 Å². The highest BCUT2D eigenvalue weighted by molar-refractivity contribution is 7.00. The van der Waals surface area contributed by atoms with Gasteiger partial charge in [-0.2, -0.15) is 8.75 Å². The van der Waals surface area contributed by atoms with E-state index in [1.54, 1.807) is 30.3 Å². The lowest BCUT2D eigenvalue weighted by molar-refractivity contribution is 0.102. The van der Waals surface area contributed by atoms with Gasteiger partial charge in [0.2, 0.25) is 0 Å². The fourth-order valence-corrected chi connectivity index (χ4v) is 2.35. The zero-order valence-corrected chi connectivity index (χ0v) is 10.6. The van der Waals surface area contributed by atoms with Gasteiger partial charge < -0.3 is 11.1 Å². The van der Waals surface area contributed by atoms with Gasteiger partial charge in [0.05, 0.1) is 23.0 Å². The first kappa shape index (κ1) is 11.6. The summed E-state index contributed by atoms with van der Waals surface area (Å²) in [5.74, 6) is -0.251. The molecule has 0 aliphatic heterocycles. The van der Waals surface area contributed by atoms with Crippen molar-refractivity contribution < 1.29 is 4.79 Å².